The zero-order valence-electron chi connectivity index (χ0n) is 13.4. The fraction of sp³-hybridized carbons (Fsp3) is 0.211. The van der Waals surface area contributed by atoms with E-state index in [2.05, 4.69) is 4.98 Å². The molecule has 0 saturated carbocycles. The number of fused-ring (bicyclic) bond motifs is 3. The average molecular weight is 341 g/mol. The second kappa shape index (κ2) is 5.67. The van der Waals surface area contributed by atoms with Gasteiger partial charge in [0, 0.05) is 22.7 Å². The number of amides is 1. The van der Waals surface area contributed by atoms with E-state index in [4.69, 9.17) is 11.5 Å². The summed E-state index contributed by atoms with van der Waals surface area (Å²) in [5.41, 5.74) is 15.1. The molecular formula is C19H17F2N3O. The van der Waals surface area contributed by atoms with Gasteiger partial charge in [0.05, 0.1) is 11.1 Å². The zero-order valence-corrected chi connectivity index (χ0v) is 13.4. The second-order valence-corrected chi connectivity index (χ2v) is 6.46. The molecule has 6 heteroatoms. The van der Waals surface area contributed by atoms with Crippen molar-refractivity contribution in [2.24, 2.45) is 11.5 Å². The van der Waals surface area contributed by atoms with Crippen LogP contribution in [0.2, 0.25) is 0 Å². The average Bonchev–Trinajstić information content (AvgIpc) is 2.95. The SMILES string of the molecule is NC(=O)c1ccc(-c2cccc(F)c2F)c2c3c([nH]c12)CCC(N)C3. The third kappa shape index (κ3) is 2.41. The highest BCUT2D eigenvalue weighted by molar-refractivity contribution is 6.10. The topological polar surface area (TPSA) is 84.9 Å². The summed E-state index contributed by atoms with van der Waals surface area (Å²) in [5, 5.41) is 0.700. The molecule has 0 bridgehead atoms. The lowest BCUT2D eigenvalue weighted by Gasteiger charge is -2.19. The number of primary amides is 1. The Morgan fingerprint density at radius 3 is 2.72 bits per heavy atom. The third-order valence-corrected chi connectivity index (χ3v) is 4.89. The van der Waals surface area contributed by atoms with Crippen molar-refractivity contribution >= 4 is 16.8 Å². The summed E-state index contributed by atoms with van der Waals surface area (Å²) in [5.74, 6) is -2.39. The number of aromatic amines is 1. The Morgan fingerprint density at radius 1 is 1.16 bits per heavy atom. The minimum Gasteiger partial charge on any atom is -0.366 e. The van der Waals surface area contributed by atoms with Gasteiger partial charge >= 0.3 is 0 Å². The van der Waals surface area contributed by atoms with Gasteiger partial charge in [0.2, 0.25) is 0 Å². The Balaban J connectivity index is 2.09. The van der Waals surface area contributed by atoms with E-state index in [9.17, 15) is 13.6 Å². The van der Waals surface area contributed by atoms with Gasteiger partial charge in [-0.3, -0.25) is 4.79 Å². The first-order valence-electron chi connectivity index (χ1n) is 8.13. The molecule has 128 valence electrons. The number of hydrogen-bond acceptors (Lipinski definition) is 2. The van der Waals surface area contributed by atoms with Crippen LogP contribution in [0.1, 0.15) is 28.0 Å². The number of rotatable bonds is 2. The number of nitrogens with two attached hydrogens (primary N) is 2. The number of hydrogen-bond donors (Lipinski definition) is 3. The molecule has 5 N–H and O–H groups in total. The molecular weight excluding hydrogens is 324 g/mol. The molecule has 1 atom stereocenters. The molecule has 25 heavy (non-hydrogen) atoms. The van der Waals surface area contributed by atoms with Gasteiger partial charge in [-0.1, -0.05) is 18.2 Å². The van der Waals surface area contributed by atoms with Crippen molar-refractivity contribution in [3.05, 3.63) is 58.8 Å². The number of carbonyl (C=O) groups excluding carboxylic acids is 1. The Hall–Kier alpha value is -2.73. The summed E-state index contributed by atoms with van der Waals surface area (Å²) in [6, 6.07) is 7.23. The molecule has 1 aliphatic rings. The Labute approximate surface area is 142 Å². The van der Waals surface area contributed by atoms with Gasteiger partial charge in [-0.05, 0) is 42.5 Å². The van der Waals surface area contributed by atoms with Crippen molar-refractivity contribution in [3.8, 4) is 11.1 Å². The van der Waals surface area contributed by atoms with Crippen LogP contribution in [-0.4, -0.2) is 16.9 Å². The number of nitrogens with one attached hydrogen (secondary N) is 1. The van der Waals surface area contributed by atoms with Crippen LogP contribution in [0.15, 0.2) is 30.3 Å². The summed E-state index contributed by atoms with van der Waals surface area (Å²) >= 11 is 0. The standard InChI is InChI=1S/C19H17F2N3O/c20-14-3-1-2-11(17(14)21)10-5-6-12(19(23)25)18-16(10)13-8-9(22)4-7-15(13)24-18/h1-3,5-6,9,24H,4,7-8,22H2,(H2,23,25). The van der Waals surface area contributed by atoms with E-state index in [-0.39, 0.29) is 11.6 Å². The van der Waals surface area contributed by atoms with Crippen LogP contribution < -0.4 is 11.5 Å². The Kier molecular flexibility index (Phi) is 3.58. The maximum absolute atomic E-state index is 14.4. The minimum atomic E-state index is -0.911. The zero-order chi connectivity index (χ0) is 17.7. The minimum absolute atomic E-state index is 0.00561. The molecule has 0 aliphatic heterocycles. The summed E-state index contributed by atoms with van der Waals surface area (Å²) in [6.07, 6.45) is 2.19. The lowest BCUT2D eigenvalue weighted by atomic mass is 9.88. The number of carbonyl (C=O) groups is 1. The van der Waals surface area contributed by atoms with Gasteiger partial charge in [0.15, 0.2) is 11.6 Å². The van der Waals surface area contributed by atoms with Crippen molar-refractivity contribution in [2.45, 2.75) is 25.3 Å². The van der Waals surface area contributed by atoms with Crippen molar-refractivity contribution < 1.29 is 13.6 Å². The van der Waals surface area contributed by atoms with Crippen molar-refractivity contribution in [3.63, 3.8) is 0 Å². The largest absolute Gasteiger partial charge is 0.366 e. The van der Waals surface area contributed by atoms with Crippen LogP contribution in [0.4, 0.5) is 8.78 Å². The van der Waals surface area contributed by atoms with E-state index in [0.29, 0.717) is 28.5 Å². The molecule has 0 spiro atoms. The van der Waals surface area contributed by atoms with Crippen molar-refractivity contribution in [1.29, 1.82) is 0 Å². The molecule has 2 aromatic carbocycles. The molecule has 1 amide bonds. The van der Waals surface area contributed by atoms with Gasteiger partial charge in [0.1, 0.15) is 0 Å². The highest BCUT2D eigenvalue weighted by Crippen LogP contribution is 2.38. The Morgan fingerprint density at radius 2 is 1.96 bits per heavy atom. The van der Waals surface area contributed by atoms with Gasteiger partial charge in [-0.25, -0.2) is 8.78 Å². The number of aryl methyl sites for hydroxylation is 1. The fourth-order valence-electron chi connectivity index (χ4n) is 3.70. The normalized spacial score (nSPS) is 16.8. The molecule has 1 aromatic heterocycles. The van der Waals surface area contributed by atoms with E-state index in [1.165, 1.54) is 12.1 Å². The van der Waals surface area contributed by atoms with Crippen molar-refractivity contribution in [2.75, 3.05) is 0 Å². The lowest BCUT2D eigenvalue weighted by Crippen LogP contribution is -2.27. The molecule has 0 fully saturated rings. The first kappa shape index (κ1) is 15.8. The highest BCUT2D eigenvalue weighted by atomic mass is 19.2. The third-order valence-electron chi connectivity index (χ3n) is 4.89. The van der Waals surface area contributed by atoms with E-state index in [0.717, 1.165) is 30.2 Å². The quantitative estimate of drug-likeness (QED) is 0.669. The predicted octanol–water partition coefficient (Wildman–Crippen LogP) is 3.03. The number of benzene rings is 2. The predicted molar refractivity (Wildman–Crippen MR) is 92.2 cm³/mol. The molecule has 0 radical (unpaired) electrons. The summed E-state index contributed by atoms with van der Waals surface area (Å²) in [7, 11) is 0. The van der Waals surface area contributed by atoms with E-state index >= 15 is 0 Å². The molecule has 1 heterocycles. The monoisotopic (exact) mass is 341 g/mol. The Bertz CT molecular complexity index is 1010. The van der Waals surface area contributed by atoms with Crippen LogP contribution >= 0.6 is 0 Å². The maximum Gasteiger partial charge on any atom is 0.250 e. The van der Waals surface area contributed by atoms with Gasteiger partial charge < -0.3 is 16.5 Å². The summed E-state index contributed by atoms with van der Waals surface area (Å²) in [6.45, 7) is 0. The molecule has 0 saturated heterocycles. The van der Waals surface area contributed by atoms with Gasteiger partial charge in [-0.2, -0.15) is 0 Å². The van der Waals surface area contributed by atoms with Gasteiger partial charge in [0.25, 0.3) is 5.91 Å². The van der Waals surface area contributed by atoms with E-state index < -0.39 is 17.5 Å². The van der Waals surface area contributed by atoms with E-state index in [1.54, 1.807) is 12.1 Å². The summed E-state index contributed by atoms with van der Waals surface area (Å²) in [4.78, 5) is 15.1. The smallest absolute Gasteiger partial charge is 0.250 e. The number of H-pyrrole nitrogens is 1. The molecule has 3 aromatic rings. The highest BCUT2D eigenvalue weighted by Gasteiger charge is 2.25. The van der Waals surface area contributed by atoms with Crippen LogP contribution in [0.25, 0.3) is 22.0 Å². The maximum atomic E-state index is 14.4. The first-order valence-corrected chi connectivity index (χ1v) is 8.13. The number of halogens is 2. The van der Waals surface area contributed by atoms with Crippen molar-refractivity contribution in [1.82, 2.24) is 4.98 Å². The molecule has 4 nitrogen and oxygen atoms in total. The molecule has 4 rings (SSSR count). The first-order chi connectivity index (χ1) is 12.0. The molecule has 1 aliphatic carbocycles. The lowest BCUT2D eigenvalue weighted by molar-refractivity contribution is 0.100. The van der Waals surface area contributed by atoms with Crippen LogP contribution in [-0.2, 0) is 12.8 Å². The molecule has 1 unspecified atom stereocenters. The van der Waals surface area contributed by atoms with Crippen LogP contribution in [0.3, 0.4) is 0 Å². The van der Waals surface area contributed by atoms with Crippen LogP contribution in [0.5, 0.6) is 0 Å². The summed E-state index contributed by atoms with van der Waals surface area (Å²) < 4.78 is 28.1. The van der Waals surface area contributed by atoms with E-state index in [1.807, 2.05) is 0 Å². The van der Waals surface area contributed by atoms with Crippen LogP contribution in [0, 0.1) is 11.6 Å². The second-order valence-electron chi connectivity index (χ2n) is 6.46. The fourth-order valence-corrected chi connectivity index (χ4v) is 3.70. The number of aromatic nitrogens is 1. The van der Waals surface area contributed by atoms with Gasteiger partial charge in [-0.15, -0.1) is 0 Å².